The molecule has 0 aliphatic heterocycles. The van der Waals surface area contributed by atoms with Crippen LogP contribution in [0.4, 0.5) is 16.2 Å². The predicted octanol–water partition coefficient (Wildman–Crippen LogP) is 3.08. The number of nitrogens with zero attached hydrogens (tertiary/aromatic N) is 3. The van der Waals surface area contributed by atoms with Gasteiger partial charge in [-0.15, -0.1) is 0 Å². The van der Waals surface area contributed by atoms with E-state index in [2.05, 4.69) is 29.5 Å². The van der Waals surface area contributed by atoms with Crippen LogP contribution in [0.1, 0.15) is 25.2 Å². The molecule has 0 saturated carbocycles. The first-order valence-corrected chi connectivity index (χ1v) is 7.66. The molecular formula is C16H21N5O3. The third-order valence-corrected chi connectivity index (χ3v) is 3.42. The summed E-state index contributed by atoms with van der Waals surface area (Å²) in [5, 5.41) is 16.2. The number of amides is 2. The Morgan fingerprint density at radius 3 is 2.79 bits per heavy atom. The van der Waals surface area contributed by atoms with Crippen LogP contribution in [0.5, 0.6) is 0 Å². The van der Waals surface area contributed by atoms with Gasteiger partial charge in [-0.25, -0.2) is 9.78 Å². The number of hydrogen-bond donors (Lipinski definition) is 2. The summed E-state index contributed by atoms with van der Waals surface area (Å²) in [6.07, 6.45) is 3.59. The normalized spacial score (nSPS) is 10.7. The van der Waals surface area contributed by atoms with Gasteiger partial charge >= 0.3 is 6.03 Å². The molecule has 8 nitrogen and oxygen atoms in total. The molecule has 0 aliphatic carbocycles. The number of aryl methyl sites for hydroxylation is 1. The average Bonchev–Trinajstić information content (AvgIpc) is 2.91. The zero-order valence-electron chi connectivity index (χ0n) is 13.9. The van der Waals surface area contributed by atoms with E-state index in [9.17, 15) is 14.9 Å². The molecule has 8 heteroatoms. The van der Waals surface area contributed by atoms with Crippen molar-refractivity contribution in [2.75, 3.05) is 5.32 Å². The first-order valence-electron chi connectivity index (χ1n) is 7.66. The van der Waals surface area contributed by atoms with Crippen molar-refractivity contribution in [2.24, 2.45) is 5.92 Å². The highest BCUT2D eigenvalue weighted by Crippen LogP contribution is 2.21. The van der Waals surface area contributed by atoms with Gasteiger partial charge in [-0.1, -0.05) is 13.8 Å². The number of benzene rings is 1. The molecule has 0 saturated heterocycles. The molecule has 2 rings (SSSR count). The molecule has 2 N–H and O–H groups in total. The summed E-state index contributed by atoms with van der Waals surface area (Å²) in [5.74, 6) is 1.26. The number of nitro groups is 1. The van der Waals surface area contributed by atoms with E-state index in [1.165, 1.54) is 12.1 Å². The van der Waals surface area contributed by atoms with Crippen LogP contribution in [0.25, 0.3) is 0 Å². The predicted molar refractivity (Wildman–Crippen MR) is 90.8 cm³/mol. The molecule has 0 fully saturated rings. The van der Waals surface area contributed by atoms with E-state index in [0.29, 0.717) is 23.7 Å². The maximum absolute atomic E-state index is 12.0. The van der Waals surface area contributed by atoms with Gasteiger partial charge in [0.05, 0.1) is 11.5 Å². The summed E-state index contributed by atoms with van der Waals surface area (Å²) in [5.41, 5.74) is 1.02. The van der Waals surface area contributed by atoms with Gasteiger partial charge in [-0.05, 0) is 25.0 Å². The molecule has 1 heterocycles. The Morgan fingerprint density at radius 1 is 1.42 bits per heavy atom. The summed E-state index contributed by atoms with van der Waals surface area (Å²) in [7, 11) is 0. The fourth-order valence-corrected chi connectivity index (χ4v) is 2.34. The second kappa shape index (κ2) is 7.58. The maximum atomic E-state index is 12.0. The number of urea groups is 1. The molecule has 128 valence electrons. The van der Waals surface area contributed by atoms with Gasteiger partial charge in [-0.3, -0.25) is 10.1 Å². The lowest BCUT2D eigenvalue weighted by Gasteiger charge is -2.12. The van der Waals surface area contributed by atoms with Gasteiger partial charge < -0.3 is 15.2 Å². The van der Waals surface area contributed by atoms with Crippen molar-refractivity contribution in [1.29, 1.82) is 0 Å². The lowest BCUT2D eigenvalue weighted by atomic mass is 10.2. The highest BCUT2D eigenvalue weighted by atomic mass is 16.6. The van der Waals surface area contributed by atoms with Crippen LogP contribution in [-0.2, 0) is 13.1 Å². The molecule has 24 heavy (non-hydrogen) atoms. The quantitative estimate of drug-likeness (QED) is 0.627. The van der Waals surface area contributed by atoms with Gasteiger partial charge in [0.1, 0.15) is 5.82 Å². The lowest BCUT2D eigenvalue weighted by Crippen LogP contribution is -2.29. The van der Waals surface area contributed by atoms with Crippen molar-refractivity contribution in [1.82, 2.24) is 14.9 Å². The van der Waals surface area contributed by atoms with E-state index >= 15 is 0 Å². The molecule has 0 radical (unpaired) electrons. The van der Waals surface area contributed by atoms with Crippen molar-refractivity contribution in [3.63, 3.8) is 0 Å². The van der Waals surface area contributed by atoms with Crippen LogP contribution in [0, 0.1) is 23.0 Å². The Balaban J connectivity index is 1.93. The fourth-order valence-electron chi connectivity index (χ4n) is 2.34. The van der Waals surface area contributed by atoms with Crippen LogP contribution < -0.4 is 10.6 Å². The first-order chi connectivity index (χ1) is 11.4. The first kappa shape index (κ1) is 17.5. The maximum Gasteiger partial charge on any atom is 0.319 e. The van der Waals surface area contributed by atoms with Crippen LogP contribution in [0.3, 0.4) is 0 Å². The van der Waals surface area contributed by atoms with Crippen molar-refractivity contribution in [2.45, 2.75) is 33.9 Å². The number of rotatable bonds is 6. The molecule has 2 amide bonds. The number of nitro benzene ring substituents is 1. The van der Waals surface area contributed by atoms with E-state index in [-0.39, 0.29) is 11.7 Å². The largest absolute Gasteiger partial charge is 0.333 e. The van der Waals surface area contributed by atoms with Crippen LogP contribution in [-0.4, -0.2) is 20.5 Å². The Kier molecular flexibility index (Phi) is 5.51. The van der Waals surface area contributed by atoms with E-state index in [4.69, 9.17) is 0 Å². The smallest absolute Gasteiger partial charge is 0.319 e. The van der Waals surface area contributed by atoms with Crippen molar-refractivity contribution >= 4 is 17.4 Å². The van der Waals surface area contributed by atoms with Gasteiger partial charge in [0.15, 0.2) is 0 Å². The van der Waals surface area contributed by atoms with E-state index in [1.54, 1.807) is 19.2 Å². The van der Waals surface area contributed by atoms with Crippen LogP contribution >= 0.6 is 0 Å². The molecule has 0 spiro atoms. The number of anilines is 1. The number of carbonyl (C=O) groups excluding carboxylic acids is 1. The third kappa shape index (κ3) is 4.55. The Bertz CT molecular complexity index is 739. The molecule has 0 bridgehead atoms. The van der Waals surface area contributed by atoms with E-state index in [0.717, 1.165) is 12.4 Å². The second-order valence-electron chi connectivity index (χ2n) is 5.96. The zero-order chi connectivity index (χ0) is 17.7. The highest BCUT2D eigenvalue weighted by molar-refractivity contribution is 5.89. The van der Waals surface area contributed by atoms with E-state index < -0.39 is 4.92 Å². The van der Waals surface area contributed by atoms with Crippen LogP contribution in [0.15, 0.2) is 30.6 Å². The molecule has 1 aromatic heterocycles. The van der Waals surface area contributed by atoms with Crippen molar-refractivity contribution in [3.05, 3.63) is 52.1 Å². The van der Waals surface area contributed by atoms with Crippen molar-refractivity contribution in [3.8, 4) is 0 Å². The Morgan fingerprint density at radius 2 is 2.17 bits per heavy atom. The van der Waals surface area contributed by atoms with Gasteiger partial charge in [-0.2, -0.15) is 0 Å². The molecule has 0 atom stereocenters. The number of nitrogens with one attached hydrogen (secondary N) is 2. The van der Waals surface area contributed by atoms with Gasteiger partial charge in [0.2, 0.25) is 0 Å². The second-order valence-corrected chi connectivity index (χ2v) is 5.96. The van der Waals surface area contributed by atoms with E-state index in [1.807, 2.05) is 10.8 Å². The lowest BCUT2D eigenvalue weighted by molar-refractivity contribution is -0.385. The summed E-state index contributed by atoms with van der Waals surface area (Å²) in [6.45, 7) is 6.99. The monoisotopic (exact) mass is 331 g/mol. The zero-order valence-corrected chi connectivity index (χ0v) is 13.9. The van der Waals surface area contributed by atoms with Gasteiger partial charge in [0.25, 0.3) is 5.69 Å². The number of carbonyl (C=O) groups is 1. The molecule has 2 aromatic rings. The molecular weight excluding hydrogens is 310 g/mol. The highest BCUT2D eigenvalue weighted by Gasteiger charge is 2.12. The summed E-state index contributed by atoms with van der Waals surface area (Å²) in [4.78, 5) is 26.6. The summed E-state index contributed by atoms with van der Waals surface area (Å²) < 4.78 is 2.00. The minimum Gasteiger partial charge on any atom is -0.333 e. The number of hydrogen-bond acceptors (Lipinski definition) is 4. The third-order valence-electron chi connectivity index (χ3n) is 3.42. The summed E-state index contributed by atoms with van der Waals surface area (Å²) in [6, 6.07) is 4.06. The fraction of sp³-hybridized carbons (Fsp3) is 0.375. The molecule has 0 aliphatic rings. The average molecular weight is 331 g/mol. The van der Waals surface area contributed by atoms with Crippen LogP contribution in [0.2, 0.25) is 0 Å². The molecule has 0 unspecified atom stereocenters. The summed E-state index contributed by atoms with van der Waals surface area (Å²) >= 11 is 0. The minimum atomic E-state index is -0.451. The number of imidazole rings is 1. The molecule has 1 aromatic carbocycles. The van der Waals surface area contributed by atoms with Crippen molar-refractivity contribution < 1.29 is 9.72 Å². The Labute approximate surface area is 140 Å². The van der Waals surface area contributed by atoms with Gasteiger partial charge in [0, 0.05) is 36.3 Å². The minimum absolute atomic E-state index is 0.0247. The Hall–Kier alpha value is -2.90. The standard InChI is InChI=1S/C16H21N5O3/c1-11(2)10-20-7-6-17-15(20)9-18-16(22)19-13-4-5-14(21(23)24)12(3)8-13/h4-8,11H,9-10H2,1-3H3,(H2,18,19,22). The SMILES string of the molecule is Cc1cc(NC(=O)NCc2nccn2CC(C)C)ccc1[N+](=O)[O-]. The number of aromatic nitrogens is 2. The topological polar surface area (TPSA) is 102 Å².